The van der Waals surface area contributed by atoms with Crippen molar-refractivity contribution in [3.05, 3.63) is 17.8 Å². The predicted octanol–water partition coefficient (Wildman–Crippen LogP) is 2.46. The van der Waals surface area contributed by atoms with Crippen molar-refractivity contribution in [2.75, 3.05) is 13.2 Å². The fourth-order valence-corrected chi connectivity index (χ4v) is 1.90. The van der Waals surface area contributed by atoms with Crippen molar-refractivity contribution in [2.24, 2.45) is 0 Å². The third-order valence-corrected chi connectivity index (χ3v) is 2.90. The summed E-state index contributed by atoms with van der Waals surface area (Å²) in [7, 11) is 0. The second-order valence-corrected chi connectivity index (χ2v) is 5.67. The third kappa shape index (κ3) is 3.82. The summed E-state index contributed by atoms with van der Waals surface area (Å²) in [6.45, 7) is 8.71. The first-order valence-electron chi connectivity index (χ1n) is 6.32. The number of hydrogen-bond donors (Lipinski definition) is 1. The van der Waals surface area contributed by atoms with E-state index in [1.165, 1.54) is 0 Å². The van der Waals surface area contributed by atoms with Crippen LogP contribution in [-0.4, -0.2) is 23.7 Å². The molecule has 1 unspecified atom stereocenters. The van der Waals surface area contributed by atoms with Gasteiger partial charge in [0.2, 0.25) is 5.89 Å². The molecule has 2 rings (SSSR count). The van der Waals surface area contributed by atoms with Crippen molar-refractivity contribution in [3.63, 3.8) is 0 Å². The van der Waals surface area contributed by atoms with E-state index >= 15 is 0 Å². The van der Waals surface area contributed by atoms with Gasteiger partial charge in [0.25, 0.3) is 0 Å². The zero-order valence-corrected chi connectivity index (χ0v) is 11.0. The van der Waals surface area contributed by atoms with Crippen LogP contribution in [0.15, 0.2) is 10.6 Å². The molecule has 0 saturated carbocycles. The van der Waals surface area contributed by atoms with Crippen LogP contribution in [0.1, 0.15) is 51.2 Å². The minimum atomic E-state index is 0.0859. The largest absolute Gasteiger partial charge is 0.444 e. The Morgan fingerprint density at radius 3 is 2.94 bits per heavy atom. The maximum Gasteiger partial charge on any atom is 0.208 e. The molecule has 1 saturated heterocycles. The Kier molecular flexibility index (Phi) is 3.84. The van der Waals surface area contributed by atoms with E-state index in [4.69, 9.17) is 9.15 Å². The second-order valence-electron chi connectivity index (χ2n) is 5.67. The summed E-state index contributed by atoms with van der Waals surface area (Å²) in [6, 6.07) is 0. The van der Waals surface area contributed by atoms with Crippen LogP contribution in [0.3, 0.4) is 0 Å². The number of nitrogens with one attached hydrogen (secondary N) is 1. The van der Waals surface area contributed by atoms with Gasteiger partial charge in [0.05, 0.1) is 19.3 Å². The molecule has 17 heavy (non-hydrogen) atoms. The molecule has 1 fully saturated rings. The predicted molar refractivity (Wildman–Crippen MR) is 65.9 cm³/mol. The molecule has 2 heterocycles. The van der Waals surface area contributed by atoms with Gasteiger partial charge in [-0.3, -0.25) is 0 Å². The minimum absolute atomic E-state index is 0.0859. The molecule has 1 atom stereocenters. The molecule has 0 radical (unpaired) electrons. The van der Waals surface area contributed by atoms with Crippen molar-refractivity contribution < 1.29 is 9.15 Å². The third-order valence-electron chi connectivity index (χ3n) is 2.90. The first-order chi connectivity index (χ1) is 8.04. The molecule has 1 aromatic rings. The first-order valence-corrected chi connectivity index (χ1v) is 6.32. The number of hydrogen-bond acceptors (Lipinski definition) is 4. The van der Waals surface area contributed by atoms with Crippen molar-refractivity contribution in [1.82, 2.24) is 10.3 Å². The van der Waals surface area contributed by atoms with Crippen LogP contribution in [0.25, 0.3) is 0 Å². The number of nitrogens with zero attached hydrogens (tertiary/aromatic N) is 1. The molecule has 4 heteroatoms. The fraction of sp³-hybridized carbons (Fsp3) is 0.769. The van der Waals surface area contributed by atoms with E-state index in [9.17, 15) is 0 Å². The normalized spacial score (nSPS) is 21.7. The standard InChI is InChI=1S/C13H22N2O2/c1-13(2,3)15-8-12-14-7-11(17-12)10-5-4-6-16-9-10/h7,10,15H,4-6,8-9H2,1-3H3. The van der Waals surface area contributed by atoms with Crippen molar-refractivity contribution in [2.45, 2.75) is 51.6 Å². The van der Waals surface area contributed by atoms with Gasteiger partial charge >= 0.3 is 0 Å². The lowest BCUT2D eigenvalue weighted by Gasteiger charge is -2.20. The molecule has 0 amide bonds. The molecule has 1 aliphatic heterocycles. The zero-order chi connectivity index (χ0) is 12.3. The summed E-state index contributed by atoms with van der Waals surface area (Å²) in [5.74, 6) is 2.12. The Morgan fingerprint density at radius 1 is 1.47 bits per heavy atom. The average Bonchev–Trinajstić information content (AvgIpc) is 2.75. The smallest absolute Gasteiger partial charge is 0.208 e. The topological polar surface area (TPSA) is 47.3 Å². The first kappa shape index (κ1) is 12.6. The maximum atomic E-state index is 5.76. The van der Waals surface area contributed by atoms with Gasteiger partial charge in [0.1, 0.15) is 5.76 Å². The quantitative estimate of drug-likeness (QED) is 0.878. The molecule has 0 bridgehead atoms. The summed E-state index contributed by atoms with van der Waals surface area (Å²) < 4.78 is 11.2. The average molecular weight is 238 g/mol. The van der Waals surface area contributed by atoms with E-state index in [-0.39, 0.29) is 5.54 Å². The summed E-state index contributed by atoms with van der Waals surface area (Å²) in [5.41, 5.74) is 0.0859. The van der Waals surface area contributed by atoms with E-state index in [0.717, 1.165) is 37.7 Å². The van der Waals surface area contributed by atoms with Crippen LogP contribution in [0.5, 0.6) is 0 Å². The van der Waals surface area contributed by atoms with Crippen LogP contribution < -0.4 is 5.32 Å². The van der Waals surface area contributed by atoms with Gasteiger partial charge in [-0.15, -0.1) is 0 Å². The van der Waals surface area contributed by atoms with Gasteiger partial charge in [0.15, 0.2) is 0 Å². The van der Waals surface area contributed by atoms with Gasteiger partial charge < -0.3 is 14.5 Å². The van der Waals surface area contributed by atoms with Crippen molar-refractivity contribution in [3.8, 4) is 0 Å². The molecule has 0 spiro atoms. The number of ether oxygens (including phenoxy) is 1. The van der Waals surface area contributed by atoms with Gasteiger partial charge in [0, 0.05) is 18.1 Å². The monoisotopic (exact) mass is 238 g/mol. The zero-order valence-electron chi connectivity index (χ0n) is 11.0. The van der Waals surface area contributed by atoms with Gasteiger partial charge in [-0.05, 0) is 33.6 Å². The van der Waals surface area contributed by atoms with Gasteiger partial charge in [-0.1, -0.05) is 0 Å². The molecule has 1 aliphatic rings. The lowest BCUT2D eigenvalue weighted by molar-refractivity contribution is 0.0737. The van der Waals surface area contributed by atoms with Gasteiger partial charge in [-0.25, -0.2) is 4.98 Å². The van der Waals surface area contributed by atoms with Crippen LogP contribution in [0.2, 0.25) is 0 Å². The van der Waals surface area contributed by atoms with Crippen LogP contribution in [0, 0.1) is 0 Å². The SMILES string of the molecule is CC(C)(C)NCc1ncc(C2CCCOC2)o1. The minimum Gasteiger partial charge on any atom is -0.444 e. The second kappa shape index (κ2) is 5.19. The highest BCUT2D eigenvalue weighted by atomic mass is 16.5. The Morgan fingerprint density at radius 2 is 2.29 bits per heavy atom. The molecule has 96 valence electrons. The van der Waals surface area contributed by atoms with E-state index in [2.05, 4.69) is 31.1 Å². The molecule has 4 nitrogen and oxygen atoms in total. The van der Waals surface area contributed by atoms with E-state index in [1.807, 2.05) is 6.20 Å². The Bertz CT molecular complexity index is 349. The van der Waals surface area contributed by atoms with Crippen LogP contribution in [-0.2, 0) is 11.3 Å². The van der Waals surface area contributed by atoms with Gasteiger partial charge in [-0.2, -0.15) is 0 Å². The lowest BCUT2D eigenvalue weighted by Crippen LogP contribution is -2.35. The molecule has 0 aliphatic carbocycles. The highest BCUT2D eigenvalue weighted by Crippen LogP contribution is 2.25. The van der Waals surface area contributed by atoms with Crippen molar-refractivity contribution >= 4 is 0 Å². The van der Waals surface area contributed by atoms with E-state index in [0.29, 0.717) is 12.5 Å². The Hall–Kier alpha value is -0.870. The fourth-order valence-electron chi connectivity index (χ4n) is 1.90. The van der Waals surface area contributed by atoms with Crippen LogP contribution >= 0.6 is 0 Å². The Balaban J connectivity index is 1.91. The summed E-state index contributed by atoms with van der Waals surface area (Å²) in [6.07, 6.45) is 4.10. The van der Waals surface area contributed by atoms with E-state index < -0.39 is 0 Å². The Labute approximate surface area is 103 Å². The summed E-state index contributed by atoms with van der Waals surface area (Å²) in [4.78, 5) is 4.31. The number of rotatable bonds is 3. The number of aromatic nitrogens is 1. The highest BCUT2D eigenvalue weighted by Gasteiger charge is 2.20. The molecule has 1 N–H and O–H groups in total. The number of oxazole rings is 1. The molecular formula is C13H22N2O2. The van der Waals surface area contributed by atoms with E-state index in [1.54, 1.807) is 0 Å². The maximum absolute atomic E-state index is 5.76. The lowest BCUT2D eigenvalue weighted by atomic mass is 10.0. The molecule has 1 aromatic heterocycles. The molecular weight excluding hydrogens is 216 g/mol. The van der Waals surface area contributed by atoms with Crippen LogP contribution in [0.4, 0.5) is 0 Å². The summed E-state index contributed by atoms with van der Waals surface area (Å²) >= 11 is 0. The van der Waals surface area contributed by atoms with Crippen molar-refractivity contribution in [1.29, 1.82) is 0 Å². The summed E-state index contributed by atoms with van der Waals surface area (Å²) in [5, 5.41) is 3.37. The highest BCUT2D eigenvalue weighted by molar-refractivity contribution is 5.03. The molecule has 0 aromatic carbocycles.